The second-order valence-electron chi connectivity index (χ2n) is 8.56. The number of nitro groups is 2. The summed E-state index contributed by atoms with van der Waals surface area (Å²) in [5.41, 5.74) is -3.08. The van der Waals surface area contributed by atoms with Gasteiger partial charge in [-0.3, -0.25) is 10.6 Å². The maximum atomic E-state index is 12.3. The van der Waals surface area contributed by atoms with E-state index in [2.05, 4.69) is 36.5 Å². The first-order valence-corrected chi connectivity index (χ1v) is 12.5. The highest BCUT2D eigenvalue weighted by atomic mass is 79.9. The summed E-state index contributed by atoms with van der Waals surface area (Å²) in [6.45, 7) is 5.52. The smallest absolute Gasteiger partial charge is 0.390 e. The van der Waals surface area contributed by atoms with Crippen molar-refractivity contribution in [3.05, 3.63) is 45.0 Å². The van der Waals surface area contributed by atoms with Crippen molar-refractivity contribution in [2.75, 3.05) is 17.8 Å². The Morgan fingerprint density at radius 1 is 1.17 bits per heavy atom. The van der Waals surface area contributed by atoms with Gasteiger partial charge in [0.15, 0.2) is 5.60 Å². The van der Waals surface area contributed by atoms with E-state index in [0.717, 1.165) is 21.5 Å². The Balaban J connectivity index is 2.86. The predicted octanol–water partition coefficient (Wildman–Crippen LogP) is 1.75. The first kappa shape index (κ1) is 29.1. The molecule has 0 aliphatic rings. The number of hydrogen-bond acceptors (Lipinski definition) is 10. The molecule has 0 aliphatic heterocycles. The van der Waals surface area contributed by atoms with Crippen LogP contribution in [0.1, 0.15) is 39.8 Å². The standard InChI is InChI=1S/C19H30BrClN8O6/c1-4-13(30)19(31,14(22-7-5-6-20)25-18(2,3)12-21)15(26-10-8-23-16(26)28(32)33)27-11-9-24-17(27)29(34)35/h8-11,13-15,22,25,30-31H,4-7,12H2,1-3H3. The summed E-state index contributed by atoms with van der Waals surface area (Å²) in [6.07, 6.45) is 1.08. The molecule has 14 nitrogen and oxygen atoms in total. The number of halogens is 2. The summed E-state index contributed by atoms with van der Waals surface area (Å²) >= 11 is 9.47. The van der Waals surface area contributed by atoms with Crippen LogP contribution in [0.2, 0.25) is 0 Å². The van der Waals surface area contributed by atoms with Crippen LogP contribution in [0, 0.1) is 20.2 Å². The molecule has 0 spiro atoms. The van der Waals surface area contributed by atoms with Crippen molar-refractivity contribution in [3.8, 4) is 0 Å². The molecule has 2 aromatic heterocycles. The summed E-state index contributed by atoms with van der Waals surface area (Å²) < 4.78 is 1.95. The number of aromatic nitrogens is 4. The summed E-state index contributed by atoms with van der Waals surface area (Å²) in [6, 6.07) is 0. The molecular weight excluding hydrogens is 552 g/mol. The predicted molar refractivity (Wildman–Crippen MR) is 132 cm³/mol. The van der Waals surface area contributed by atoms with E-state index in [4.69, 9.17) is 11.6 Å². The van der Waals surface area contributed by atoms with E-state index in [9.17, 15) is 30.4 Å². The number of aliphatic hydroxyl groups excluding tert-OH is 1. The van der Waals surface area contributed by atoms with Gasteiger partial charge in [-0.15, -0.1) is 11.6 Å². The molecule has 0 aromatic carbocycles. The van der Waals surface area contributed by atoms with Crippen LogP contribution in [-0.4, -0.2) is 80.3 Å². The summed E-state index contributed by atoms with van der Waals surface area (Å²) in [7, 11) is 0. The highest BCUT2D eigenvalue weighted by Gasteiger charge is 2.57. The van der Waals surface area contributed by atoms with E-state index in [0.29, 0.717) is 18.3 Å². The molecule has 4 N–H and O–H groups in total. The Morgan fingerprint density at radius 2 is 1.69 bits per heavy atom. The largest absolute Gasteiger partial charge is 0.437 e. The Morgan fingerprint density at radius 3 is 2.09 bits per heavy atom. The molecule has 2 aromatic rings. The van der Waals surface area contributed by atoms with Crippen molar-refractivity contribution in [2.45, 2.75) is 63.2 Å². The van der Waals surface area contributed by atoms with Crippen molar-refractivity contribution < 1.29 is 20.1 Å². The second kappa shape index (κ2) is 12.2. The topological polar surface area (TPSA) is 186 Å². The quantitative estimate of drug-likeness (QED) is 0.0793. The maximum absolute atomic E-state index is 12.3. The van der Waals surface area contributed by atoms with Crippen LogP contribution in [-0.2, 0) is 0 Å². The van der Waals surface area contributed by atoms with Crippen LogP contribution >= 0.6 is 27.5 Å². The number of nitrogens with one attached hydrogen (secondary N) is 2. The zero-order valence-electron chi connectivity index (χ0n) is 19.5. The lowest BCUT2D eigenvalue weighted by molar-refractivity contribution is -0.402. The Bertz CT molecular complexity index is 951. The molecular formula is C19H30BrClN8O6. The minimum Gasteiger partial charge on any atom is -0.390 e. The molecule has 0 bridgehead atoms. The average molecular weight is 582 g/mol. The monoisotopic (exact) mass is 580 g/mol. The van der Waals surface area contributed by atoms with Crippen LogP contribution < -0.4 is 10.6 Å². The van der Waals surface area contributed by atoms with E-state index in [1.807, 2.05) is 0 Å². The number of rotatable bonds is 15. The summed E-state index contributed by atoms with van der Waals surface area (Å²) in [4.78, 5) is 29.5. The number of alkyl halides is 2. The van der Waals surface area contributed by atoms with Gasteiger partial charge >= 0.3 is 11.9 Å². The normalized spacial score (nSPS) is 15.7. The van der Waals surface area contributed by atoms with Crippen molar-refractivity contribution >= 4 is 39.4 Å². The maximum Gasteiger partial charge on any atom is 0.437 e. The van der Waals surface area contributed by atoms with Gasteiger partial charge in [0, 0.05) is 16.7 Å². The van der Waals surface area contributed by atoms with Crippen molar-refractivity contribution in [3.63, 3.8) is 0 Å². The Hall–Kier alpha value is -2.17. The van der Waals surface area contributed by atoms with Gasteiger partial charge < -0.3 is 30.4 Å². The molecule has 2 heterocycles. The van der Waals surface area contributed by atoms with Gasteiger partial charge in [-0.2, -0.15) is 9.13 Å². The van der Waals surface area contributed by atoms with E-state index < -0.39 is 51.3 Å². The Kier molecular flexibility index (Phi) is 10.1. The molecule has 196 valence electrons. The molecule has 0 saturated heterocycles. The van der Waals surface area contributed by atoms with Crippen molar-refractivity contribution in [1.82, 2.24) is 29.7 Å². The number of hydrogen-bond donors (Lipinski definition) is 4. The molecule has 2 rings (SSSR count). The fourth-order valence-corrected chi connectivity index (χ4v) is 4.13. The zero-order valence-corrected chi connectivity index (χ0v) is 21.9. The van der Waals surface area contributed by atoms with E-state index in [-0.39, 0.29) is 12.3 Å². The zero-order chi connectivity index (χ0) is 26.4. The van der Waals surface area contributed by atoms with Gasteiger partial charge in [-0.05, 0) is 43.1 Å². The average Bonchev–Trinajstić information content (AvgIpc) is 3.48. The van der Waals surface area contributed by atoms with Crippen LogP contribution in [0.15, 0.2) is 24.8 Å². The van der Waals surface area contributed by atoms with Crippen molar-refractivity contribution in [2.24, 2.45) is 0 Å². The fraction of sp³-hybridized carbons (Fsp3) is 0.684. The third kappa shape index (κ3) is 6.34. The lowest BCUT2D eigenvalue weighted by Crippen LogP contribution is -2.71. The minimum atomic E-state index is -2.30. The lowest BCUT2D eigenvalue weighted by Gasteiger charge is -2.45. The van der Waals surface area contributed by atoms with Crippen LogP contribution in [0.25, 0.3) is 0 Å². The van der Waals surface area contributed by atoms with Crippen molar-refractivity contribution in [1.29, 1.82) is 0 Å². The highest BCUT2D eigenvalue weighted by molar-refractivity contribution is 9.09. The van der Waals surface area contributed by atoms with Crippen LogP contribution in [0.5, 0.6) is 0 Å². The molecule has 0 saturated carbocycles. The first-order chi connectivity index (χ1) is 16.4. The third-order valence-corrected chi connectivity index (χ3v) is 6.70. The molecule has 3 unspecified atom stereocenters. The second-order valence-corrected chi connectivity index (χ2v) is 9.62. The molecule has 35 heavy (non-hydrogen) atoms. The van der Waals surface area contributed by atoms with Gasteiger partial charge in [0.05, 0.1) is 12.3 Å². The van der Waals surface area contributed by atoms with E-state index >= 15 is 0 Å². The van der Waals surface area contributed by atoms with E-state index in [1.165, 1.54) is 12.4 Å². The van der Waals surface area contributed by atoms with Gasteiger partial charge in [0.1, 0.15) is 24.8 Å². The molecule has 3 atom stereocenters. The number of aliphatic hydroxyl groups is 2. The van der Waals surface area contributed by atoms with E-state index in [1.54, 1.807) is 20.8 Å². The van der Waals surface area contributed by atoms with Gasteiger partial charge in [-0.1, -0.05) is 32.8 Å². The number of nitrogens with zero attached hydrogens (tertiary/aromatic N) is 6. The first-order valence-electron chi connectivity index (χ1n) is 10.8. The summed E-state index contributed by atoms with van der Waals surface area (Å²) in [5.74, 6) is -1.26. The molecule has 0 aliphatic carbocycles. The third-order valence-electron chi connectivity index (χ3n) is 5.47. The minimum absolute atomic E-state index is 0.0115. The SMILES string of the molecule is CCC(O)C(O)(C(NCCCBr)NC(C)(C)CCl)C(n1ccnc1[N+](=O)[O-])n1ccnc1[N+](=O)[O-]. The highest BCUT2D eigenvalue weighted by Crippen LogP contribution is 2.37. The lowest BCUT2D eigenvalue weighted by atomic mass is 9.85. The van der Waals surface area contributed by atoms with Gasteiger partial charge in [0.2, 0.25) is 6.17 Å². The van der Waals surface area contributed by atoms with Crippen LogP contribution in [0.3, 0.4) is 0 Å². The Labute approximate surface area is 215 Å². The molecule has 0 radical (unpaired) electrons. The van der Waals surface area contributed by atoms with Gasteiger partial charge in [0.25, 0.3) is 0 Å². The number of imidazole rings is 2. The van der Waals surface area contributed by atoms with Gasteiger partial charge in [-0.25, -0.2) is 0 Å². The fourth-order valence-electron chi connectivity index (χ4n) is 3.77. The molecule has 0 fully saturated rings. The summed E-state index contributed by atoms with van der Waals surface area (Å²) in [5, 5.41) is 54.1. The molecule has 0 amide bonds. The molecule has 16 heteroatoms. The van der Waals surface area contributed by atoms with Crippen LogP contribution in [0.4, 0.5) is 11.9 Å².